The molecule has 0 aromatic heterocycles. The van der Waals surface area contributed by atoms with Crippen LogP contribution in [0.3, 0.4) is 0 Å². The molecule has 1 unspecified atom stereocenters. The molecule has 0 radical (unpaired) electrons. The fraction of sp³-hybridized carbons (Fsp3) is 0.833. The average molecular weight is 181 g/mol. The SMILES string of the molecule is CN1CCC(C(N)=S)C1.Cl. The van der Waals surface area contributed by atoms with Crippen LogP contribution < -0.4 is 5.73 Å². The summed E-state index contributed by atoms with van der Waals surface area (Å²) >= 11 is 4.86. The first-order chi connectivity index (χ1) is 4.20. The minimum atomic E-state index is 0. The molecule has 1 fully saturated rings. The van der Waals surface area contributed by atoms with Gasteiger partial charge in [0.1, 0.15) is 0 Å². The number of rotatable bonds is 1. The third-order valence-electron chi connectivity index (χ3n) is 1.79. The van der Waals surface area contributed by atoms with E-state index in [1.165, 1.54) is 0 Å². The number of nitrogens with zero attached hydrogens (tertiary/aromatic N) is 1. The van der Waals surface area contributed by atoms with Crippen LogP contribution in [0.1, 0.15) is 6.42 Å². The number of halogens is 1. The van der Waals surface area contributed by atoms with E-state index in [2.05, 4.69) is 11.9 Å². The van der Waals surface area contributed by atoms with Crippen LogP contribution in [0.2, 0.25) is 0 Å². The predicted molar refractivity (Wildman–Crippen MR) is 49.6 cm³/mol. The lowest BCUT2D eigenvalue weighted by Crippen LogP contribution is -2.23. The third kappa shape index (κ3) is 2.40. The van der Waals surface area contributed by atoms with Crippen molar-refractivity contribution in [1.82, 2.24) is 4.90 Å². The molecule has 0 aliphatic carbocycles. The van der Waals surface area contributed by atoms with Gasteiger partial charge in [0.25, 0.3) is 0 Å². The second-order valence-electron chi connectivity index (χ2n) is 2.65. The molecule has 0 saturated carbocycles. The second-order valence-corrected chi connectivity index (χ2v) is 3.12. The summed E-state index contributed by atoms with van der Waals surface area (Å²) in [5, 5.41) is 0. The van der Waals surface area contributed by atoms with E-state index in [1.54, 1.807) is 0 Å². The molecule has 60 valence electrons. The van der Waals surface area contributed by atoms with E-state index < -0.39 is 0 Å². The van der Waals surface area contributed by atoms with E-state index in [1.807, 2.05) is 0 Å². The van der Waals surface area contributed by atoms with Crippen LogP contribution in [-0.4, -0.2) is 30.0 Å². The van der Waals surface area contributed by atoms with Gasteiger partial charge in [-0.15, -0.1) is 12.4 Å². The van der Waals surface area contributed by atoms with Crippen LogP contribution in [0.5, 0.6) is 0 Å². The number of hydrogen-bond acceptors (Lipinski definition) is 2. The lowest BCUT2D eigenvalue weighted by atomic mass is 10.1. The summed E-state index contributed by atoms with van der Waals surface area (Å²) in [5.74, 6) is 0.477. The first kappa shape index (κ1) is 10.1. The van der Waals surface area contributed by atoms with Crippen molar-refractivity contribution in [3.05, 3.63) is 0 Å². The topological polar surface area (TPSA) is 29.3 Å². The maximum absolute atomic E-state index is 5.46. The largest absolute Gasteiger partial charge is 0.393 e. The van der Waals surface area contributed by atoms with E-state index in [-0.39, 0.29) is 12.4 Å². The zero-order valence-electron chi connectivity index (χ0n) is 6.04. The fourth-order valence-electron chi connectivity index (χ4n) is 1.17. The molecule has 1 heterocycles. The Morgan fingerprint density at radius 3 is 2.50 bits per heavy atom. The summed E-state index contributed by atoms with van der Waals surface area (Å²) in [6.07, 6.45) is 1.14. The molecule has 4 heteroatoms. The molecule has 1 rings (SSSR count). The van der Waals surface area contributed by atoms with Gasteiger partial charge in [0.05, 0.1) is 4.99 Å². The molecule has 0 amide bonds. The minimum absolute atomic E-state index is 0. The molecule has 0 aromatic rings. The fourth-order valence-corrected chi connectivity index (χ4v) is 1.36. The van der Waals surface area contributed by atoms with E-state index in [0.29, 0.717) is 10.9 Å². The Hall–Kier alpha value is 0.140. The van der Waals surface area contributed by atoms with Gasteiger partial charge in [0.2, 0.25) is 0 Å². The molecule has 1 aliphatic rings. The number of thiocarbonyl (C=S) groups is 1. The van der Waals surface area contributed by atoms with Gasteiger partial charge in [-0.2, -0.15) is 0 Å². The Kier molecular flexibility index (Phi) is 4.17. The summed E-state index contributed by atoms with van der Waals surface area (Å²) < 4.78 is 0. The molecule has 1 saturated heterocycles. The number of likely N-dealkylation sites (tertiary alicyclic amines) is 1. The van der Waals surface area contributed by atoms with Gasteiger partial charge in [-0.05, 0) is 20.0 Å². The summed E-state index contributed by atoms with van der Waals surface area (Å²) in [4.78, 5) is 2.93. The van der Waals surface area contributed by atoms with Crippen molar-refractivity contribution in [3.8, 4) is 0 Å². The first-order valence-corrected chi connectivity index (χ1v) is 3.59. The van der Waals surface area contributed by atoms with Gasteiger partial charge in [-0.25, -0.2) is 0 Å². The number of hydrogen-bond donors (Lipinski definition) is 1. The van der Waals surface area contributed by atoms with E-state index in [0.717, 1.165) is 19.5 Å². The predicted octanol–water partition coefficient (Wildman–Crippen LogP) is 0.646. The standard InChI is InChI=1S/C6H12N2S.ClH/c1-8-3-2-5(4-8)6(7)9;/h5H,2-4H2,1H3,(H2,7,9);1H. The molecule has 0 aromatic carbocycles. The molecule has 2 nitrogen and oxygen atoms in total. The van der Waals surface area contributed by atoms with Crippen molar-refractivity contribution in [3.63, 3.8) is 0 Å². The molecule has 0 bridgehead atoms. The molecule has 1 aliphatic heterocycles. The third-order valence-corrected chi connectivity index (χ3v) is 2.13. The molecular weight excluding hydrogens is 168 g/mol. The highest BCUT2D eigenvalue weighted by atomic mass is 35.5. The normalized spacial score (nSPS) is 25.9. The quantitative estimate of drug-likeness (QED) is 0.601. The minimum Gasteiger partial charge on any atom is -0.393 e. The van der Waals surface area contributed by atoms with Gasteiger partial charge in [-0.1, -0.05) is 12.2 Å². The van der Waals surface area contributed by atoms with Gasteiger partial charge >= 0.3 is 0 Å². The first-order valence-electron chi connectivity index (χ1n) is 3.18. The Bertz CT molecular complexity index is 129. The summed E-state index contributed by atoms with van der Waals surface area (Å²) in [5.41, 5.74) is 5.46. The van der Waals surface area contributed by atoms with Crippen molar-refractivity contribution in [2.24, 2.45) is 11.7 Å². The van der Waals surface area contributed by atoms with Crippen molar-refractivity contribution < 1.29 is 0 Å². The maximum atomic E-state index is 5.46. The summed E-state index contributed by atoms with van der Waals surface area (Å²) in [7, 11) is 2.10. The Balaban J connectivity index is 0.000000810. The highest BCUT2D eigenvalue weighted by Gasteiger charge is 2.20. The molecule has 1 atom stereocenters. The van der Waals surface area contributed by atoms with Crippen LogP contribution in [-0.2, 0) is 0 Å². The Morgan fingerprint density at radius 1 is 1.70 bits per heavy atom. The van der Waals surface area contributed by atoms with Crippen LogP contribution >= 0.6 is 24.6 Å². The zero-order chi connectivity index (χ0) is 6.85. The van der Waals surface area contributed by atoms with Gasteiger partial charge in [-0.3, -0.25) is 0 Å². The van der Waals surface area contributed by atoms with Crippen LogP contribution in [0.15, 0.2) is 0 Å². The monoisotopic (exact) mass is 180 g/mol. The highest BCUT2D eigenvalue weighted by Crippen LogP contribution is 2.13. The Labute approximate surface area is 73.2 Å². The lowest BCUT2D eigenvalue weighted by molar-refractivity contribution is 0.411. The zero-order valence-corrected chi connectivity index (χ0v) is 7.67. The second kappa shape index (κ2) is 4.11. The summed E-state index contributed by atoms with van der Waals surface area (Å²) in [6.45, 7) is 2.19. The molecular formula is C6H13ClN2S. The van der Waals surface area contributed by atoms with Gasteiger partial charge in [0.15, 0.2) is 0 Å². The maximum Gasteiger partial charge on any atom is 0.0772 e. The van der Waals surface area contributed by atoms with Crippen molar-refractivity contribution in [2.45, 2.75) is 6.42 Å². The van der Waals surface area contributed by atoms with E-state index in [9.17, 15) is 0 Å². The van der Waals surface area contributed by atoms with E-state index >= 15 is 0 Å². The van der Waals surface area contributed by atoms with Crippen LogP contribution in [0.25, 0.3) is 0 Å². The molecule has 10 heavy (non-hydrogen) atoms. The Morgan fingerprint density at radius 2 is 2.30 bits per heavy atom. The number of nitrogens with two attached hydrogens (primary N) is 1. The van der Waals surface area contributed by atoms with Gasteiger partial charge in [0, 0.05) is 12.5 Å². The van der Waals surface area contributed by atoms with Crippen molar-refractivity contribution in [1.29, 1.82) is 0 Å². The highest BCUT2D eigenvalue weighted by molar-refractivity contribution is 7.80. The van der Waals surface area contributed by atoms with Crippen molar-refractivity contribution in [2.75, 3.05) is 20.1 Å². The summed E-state index contributed by atoms with van der Waals surface area (Å²) in [6, 6.07) is 0. The van der Waals surface area contributed by atoms with E-state index in [4.69, 9.17) is 18.0 Å². The molecule has 2 N–H and O–H groups in total. The lowest BCUT2D eigenvalue weighted by Gasteiger charge is -2.06. The van der Waals surface area contributed by atoms with Crippen LogP contribution in [0.4, 0.5) is 0 Å². The molecule has 0 spiro atoms. The smallest absolute Gasteiger partial charge is 0.0772 e. The van der Waals surface area contributed by atoms with Crippen LogP contribution in [0, 0.1) is 5.92 Å². The van der Waals surface area contributed by atoms with Gasteiger partial charge < -0.3 is 10.6 Å². The average Bonchev–Trinajstić information content (AvgIpc) is 2.14. The van der Waals surface area contributed by atoms with Crippen molar-refractivity contribution >= 4 is 29.6 Å².